The fourth-order valence-corrected chi connectivity index (χ4v) is 2.82. The van der Waals surface area contributed by atoms with E-state index in [0.717, 1.165) is 25.9 Å². The van der Waals surface area contributed by atoms with Crippen LogP contribution in [0.2, 0.25) is 0 Å². The van der Waals surface area contributed by atoms with Gasteiger partial charge in [-0.05, 0) is 32.9 Å². The summed E-state index contributed by atoms with van der Waals surface area (Å²) < 4.78 is 0. The summed E-state index contributed by atoms with van der Waals surface area (Å²) in [6.07, 6.45) is 3.77. The van der Waals surface area contributed by atoms with Gasteiger partial charge in [0.25, 0.3) is 5.69 Å². The molecule has 1 aromatic carbocycles. The lowest BCUT2D eigenvalue weighted by Crippen LogP contribution is -2.49. The quantitative estimate of drug-likeness (QED) is 0.624. The van der Waals surface area contributed by atoms with Gasteiger partial charge in [0.05, 0.1) is 11.0 Å². The van der Waals surface area contributed by atoms with Crippen LogP contribution in [-0.2, 0) is 6.42 Å². The second-order valence-corrected chi connectivity index (χ2v) is 5.50. The van der Waals surface area contributed by atoms with Crippen molar-refractivity contribution in [1.29, 1.82) is 5.26 Å². The molecular weight excluding hydrogens is 254 g/mol. The Labute approximate surface area is 119 Å². The molecule has 0 radical (unpaired) electrons. The van der Waals surface area contributed by atoms with E-state index < -0.39 is 5.54 Å². The summed E-state index contributed by atoms with van der Waals surface area (Å²) in [5, 5.41) is 20.6. The number of para-hydroxylation sites is 1. The molecule has 0 N–H and O–H groups in total. The second kappa shape index (κ2) is 6.02. The van der Waals surface area contributed by atoms with Crippen LogP contribution in [0.1, 0.15) is 31.7 Å². The normalized spacial score (nSPS) is 19.0. The average Bonchev–Trinajstić information content (AvgIpc) is 2.48. The number of rotatable bonds is 4. The summed E-state index contributed by atoms with van der Waals surface area (Å²) in [5.41, 5.74) is 0.0603. The molecule has 0 aromatic heterocycles. The van der Waals surface area contributed by atoms with Gasteiger partial charge < -0.3 is 0 Å². The van der Waals surface area contributed by atoms with Crippen molar-refractivity contribution in [2.75, 3.05) is 13.1 Å². The summed E-state index contributed by atoms with van der Waals surface area (Å²) in [5.74, 6) is 0. The molecule has 0 spiro atoms. The SMILES string of the molecule is CC(C#N)(Cc1ccccc1[N+](=O)[O-])N1CCCCC1. The Morgan fingerprint density at radius 2 is 2.00 bits per heavy atom. The van der Waals surface area contributed by atoms with Crippen molar-refractivity contribution < 1.29 is 4.92 Å². The molecular formula is C15H19N3O2. The van der Waals surface area contributed by atoms with Gasteiger partial charge in [-0.3, -0.25) is 15.0 Å². The Kier molecular flexibility index (Phi) is 4.35. The number of nitriles is 1. The third-order valence-corrected chi connectivity index (χ3v) is 4.02. The van der Waals surface area contributed by atoms with Gasteiger partial charge in [0.2, 0.25) is 0 Å². The summed E-state index contributed by atoms with van der Waals surface area (Å²) >= 11 is 0. The lowest BCUT2D eigenvalue weighted by molar-refractivity contribution is -0.385. The minimum absolute atomic E-state index is 0.103. The Hall–Kier alpha value is -1.93. The molecule has 5 nitrogen and oxygen atoms in total. The summed E-state index contributed by atoms with van der Waals surface area (Å²) in [6, 6.07) is 9.06. The molecule has 0 aliphatic carbocycles. The zero-order valence-electron chi connectivity index (χ0n) is 11.7. The number of hydrogen-bond donors (Lipinski definition) is 0. The molecule has 1 saturated heterocycles. The highest BCUT2D eigenvalue weighted by atomic mass is 16.6. The largest absolute Gasteiger partial charge is 0.285 e. The van der Waals surface area contributed by atoms with E-state index in [1.807, 2.05) is 6.92 Å². The monoisotopic (exact) mass is 273 g/mol. The Balaban J connectivity index is 2.26. The second-order valence-electron chi connectivity index (χ2n) is 5.50. The number of benzene rings is 1. The van der Waals surface area contributed by atoms with Crippen molar-refractivity contribution in [2.45, 2.75) is 38.1 Å². The van der Waals surface area contributed by atoms with Crippen LogP contribution in [0.4, 0.5) is 5.69 Å². The average molecular weight is 273 g/mol. The van der Waals surface area contributed by atoms with Crippen LogP contribution in [0.25, 0.3) is 0 Å². The molecule has 1 aliphatic heterocycles. The van der Waals surface area contributed by atoms with Crippen molar-refractivity contribution in [2.24, 2.45) is 0 Å². The topological polar surface area (TPSA) is 70.2 Å². The van der Waals surface area contributed by atoms with Crippen LogP contribution in [0.15, 0.2) is 24.3 Å². The van der Waals surface area contributed by atoms with E-state index in [0.29, 0.717) is 12.0 Å². The highest BCUT2D eigenvalue weighted by Gasteiger charge is 2.34. The molecule has 1 unspecified atom stereocenters. The van der Waals surface area contributed by atoms with Crippen LogP contribution in [0.5, 0.6) is 0 Å². The first-order chi connectivity index (χ1) is 9.57. The van der Waals surface area contributed by atoms with Crippen molar-refractivity contribution in [3.63, 3.8) is 0 Å². The molecule has 5 heteroatoms. The highest BCUT2D eigenvalue weighted by molar-refractivity contribution is 5.41. The lowest BCUT2D eigenvalue weighted by atomic mass is 9.89. The van der Waals surface area contributed by atoms with Crippen LogP contribution in [0.3, 0.4) is 0 Å². The number of hydrogen-bond acceptors (Lipinski definition) is 4. The molecule has 20 heavy (non-hydrogen) atoms. The predicted molar refractivity (Wildman–Crippen MR) is 76.2 cm³/mol. The summed E-state index contributed by atoms with van der Waals surface area (Å²) in [6.45, 7) is 3.67. The zero-order chi connectivity index (χ0) is 14.6. The molecule has 0 saturated carbocycles. The maximum atomic E-state index is 11.1. The molecule has 2 rings (SSSR count). The van der Waals surface area contributed by atoms with E-state index in [1.165, 1.54) is 12.5 Å². The molecule has 1 heterocycles. The van der Waals surface area contributed by atoms with Crippen LogP contribution < -0.4 is 0 Å². The van der Waals surface area contributed by atoms with Crippen LogP contribution in [-0.4, -0.2) is 28.5 Å². The Morgan fingerprint density at radius 1 is 1.35 bits per heavy atom. The van der Waals surface area contributed by atoms with Gasteiger partial charge in [0.1, 0.15) is 5.54 Å². The van der Waals surface area contributed by atoms with E-state index in [-0.39, 0.29) is 10.6 Å². The first kappa shape index (κ1) is 14.5. The maximum Gasteiger partial charge on any atom is 0.272 e. The van der Waals surface area contributed by atoms with Crippen LogP contribution in [0, 0.1) is 21.4 Å². The van der Waals surface area contributed by atoms with Crippen LogP contribution >= 0.6 is 0 Å². The summed E-state index contributed by atoms with van der Waals surface area (Å²) in [4.78, 5) is 12.9. The van der Waals surface area contributed by atoms with E-state index in [4.69, 9.17) is 0 Å². The smallest absolute Gasteiger partial charge is 0.272 e. The summed E-state index contributed by atoms with van der Waals surface area (Å²) in [7, 11) is 0. The number of piperidine rings is 1. The number of nitrogens with zero attached hydrogens (tertiary/aromatic N) is 3. The van der Waals surface area contributed by atoms with E-state index in [1.54, 1.807) is 18.2 Å². The standard InChI is InChI=1S/C15H19N3O2/c1-15(12-16,17-9-5-2-6-10-17)11-13-7-3-4-8-14(13)18(19)20/h3-4,7-8H,2,5-6,9-11H2,1H3. The molecule has 106 valence electrons. The first-order valence-corrected chi connectivity index (χ1v) is 6.95. The lowest BCUT2D eigenvalue weighted by Gasteiger charge is -2.38. The minimum Gasteiger partial charge on any atom is -0.285 e. The van der Waals surface area contributed by atoms with E-state index in [9.17, 15) is 15.4 Å². The maximum absolute atomic E-state index is 11.1. The molecule has 0 bridgehead atoms. The number of nitro groups is 1. The van der Waals surface area contributed by atoms with Crippen molar-refractivity contribution >= 4 is 5.69 Å². The molecule has 1 aliphatic rings. The molecule has 1 aromatic rings. The van der Waals surface area contributed by atoms with E-state index in [2.05, 4.69) is 11.0 Å². The van der Waals surface area contributed by atoms with Gasteiger partial charge in [-0.25, -0.2) is 0 Å². The Bertz CT molecular complexity index is 532. The molecule has 1 atom stereocenters. The fraction of sp³-hybridized carbons (Fsp3) is 0.533. The molecule has 1 fully saturated rings. The van der Waals surface area contributed by atoms with Gasteiger partial charge in [-0.15, -0.1) is 0 Å². The highest BCUT2D eigenvalue weighted by Crippen LogP contribution is 2.28. The van der Waals surface area contributed by atoms with E-state index >= 15 is 0 Å². The first-order valence-electron chi connectivity index (χ1n) is 6.95. The predicted octanol–water partition coefficient (Wildman–Crippen LogP) is 2.91. The van der Waals surface area contributed by atoms with Gasteiger partial charge in [0.15, 0.2) is 0 Å². The third kappa shape index (κ3) is 2.97. The van der Waals surface area contributed by atoms with Crippen molar-refractivity contribution in [3.8, 4) is 6.07 Å². The fourth-order valence-electron chi connectivity index (χ4n) is 2.82. The van der Waals surface area contributed by atoms with Gasteiger partial charge >= 0.3 is 0 Å². The molecule has 0 amide bonds. The number of nitro benzene ring substituents is 1. The minimum atomic E-state index is -0.674. The Morgan fingerprint density at radius 3 is 2.60 bits per heavy atom. The number of likely N-dealkylation sites (tertiary alicyclic amines) is 1. The van der Waals surface area contributed by atoms with Gasteiger partial charge in [0, 0.05) is 18.1 Å². The van der Waals surface area contributed by atoms with Gasteiger partial charge in [-0.2, -0.15) is 5.26 Å². The van der Waals surface area contributed by atoms with Crippen molar-refractivity contribution in [1.82, 2.24) is 4.90 Å². The van der Waals surface area contributed by atoms with Gasteiger partial charge in [-0.1, -0.05) is 24.6 Å². The zero-order valence-corrected chi connectivity index (χ0v) is 11.7. The van der Waals surface area contributed by atoms with Crippen molar-refractivity contribution in [3.05, 3.63) is 39.9 Å². The third-order valence-electron chi connectivity index (χ3n) is 4.02.